The van der Waals surface area contributed by atoms with Crippen molar-refractivity contribution in [3.05, 3.63) is 53.3 Å². The predicted molar refractivity (Wildman–Crippen MR) is 87.9 cm³/mol. The smallest absolute Gasteiger partial charge is 0.175 e. The van der Waals surface area contributed by atoms with Crippen LogP contribution in [0.25, 0.3) is 0 Å². The summed E-state index contributed by atoms with van der Waals surface area (Å²) in [4.78, 5) is 3.81. The van der Waals surface area contributed by atoms with Gasteiger partial charge in [0.15, 0.2) is 8.24 Å². The molecule has 1 aliphatic rings. The van der Waals surface area contributed by atoms with E-state index in [9.17, 15) is 0 Å². The highest BCUT2D eigenvalue weighted by Gasteiger charge is 2.29. The van der Waals surface area contributed by atoms with Crippen molar-refractivity contribution in [3.8, 4) is 0 Å². The van der Waals surface area contributed by atoms with E-state index in [4.69, 9.17) is 0 Å². The van der Waals surface area contributed by atoms with Gasteiger partial charge in [0.25, 0.3) is 0 Å². The van der Waals surface area contributed by atoms with Crippen LogP contribution in [0.1, 0.15) is 32.6 Å². The molecule has 102 valence electrons. The van der Waals surface area contributed by atoms with E-state index in [0.29, 0.717) is 0 Å². The highest BCUT2D eigenvalue weighted by molar-refractivity contribution is 6.87. The Bertz CT molecular complexity index is 471. The molecule has 0 unspecified atom stereocenters. The van der Waals surface area contributed by atoms with Gasteiger partial charge in [0, 0.05) is 5.69 Å². The molecule has 2 heteroatoms. The quantitative estimate of drug-likeness (QED) is 0.693. The van der Waals surface area contributed by atoms with Crippen molar-refractivity contribution in [3.63, 3.8) is 0 Å². The summed E-state index contributed by atoms with van der Waals surface area (Å²) >= 11 is 0. The molecule has 19 heavy (non-hydrogen) atoms. The average Bonchev–Trinajstić information content (AvgIpc) is 2.86. The second-order valence-corrected chi connectivity index (χ2v) is 9.93. The maximum Gasteiger partial charge on any atom is 0.175 e. The van der Waals surface area contributed by atoms with Crippen molar-refractivity contribution in [2.24, 2.45) is 0 Å². The zero-order valence-corrected chi connectivity index (χ0v) is 13.4. The molecule has 0 amide bonds. The first-order valence-corrected chi connectivity index (χ1v) is 10.4. The fourth-order valence-corrected chi connectivity index (χ4v) is 5.45. The molecule has 0 saturated carbocycles. The van der Waals surface area contributed by atoms with Crippen LogP contribution in [0.4, 0.5) is 5.69 Å². The van der Waals surface area contributed by atoms with E-state index in [-0.39, 0.29) is 0 Å². The Hall–Kier alpha value is -1.28. The maximum absolute atomic E-state index is 3.81. The topological polar surface area (TPSA) is 12.0 Å². The second kappa shape index (κ2) is 6.24. The molecule has 1 aliphatic carbocycles. The molecule has 0 spiro atoms. The zero-order chi connectivity index (χ0) is 13.7. The van der Waals surface area contributed by atoms with Gasteiger partial charge in [-0.1, -0.05) is 54.5 Å². The molecule has 2 rings (SSSR count). The second-order valence-electron chi connectivity index (χ2n) is 5.83. The van der Waals surface area contributed by atoms with Gasteiger partial charge in [-0.2, -0.15) is 0 Å². The van der Waals surface area contributed by atoms with Crippen LogP contribution in [0.15, 0.2) is 53.3 Å². The fraction of sp³-hybridized carbons (Fsp3) is 0.412. The van der Waals surface area contributed by atoms with Gasteiger partial charge in [-0.15, -0.1) is 0 Å². The largest absolute Gasteiger partial charge is 0.407 e. The summed E-state index contributed by atoms with van der Waals surface area (Å²) in [6.45, 7) is 7.12. The van der Waals surface area contributed by atoms with Crippen LogP contribution < -0.4 is 4.98 Å². The number of nitrogens with one attached hydrogen (secondary N) is 1. The molecule has 1 aromatic carbocycles. The number of unbranched alkanes of at least 4 members (excludes halogenated alkanes) is 1. The van der Waals surface area contributed by atoms with Crippen LogP contribution in [-0.4, -0.2) is 8.24 Å². The maximum atomic E-state index is 3.81. The van der Waals surface area contributed by atoms with E-state index in [1.54, 1.807) is 10.8 Å². The van der Waals surface area contributed by atoms with Crippen molar-refractivity contribution in [1.29, 1.82) is 0 Å². The number of hydrogen-bond donors (Lipinski definition) is 1. The van der Waals surface area contributed by atoms with Gasteiger partial charge < -0.3 is 4.98 Å². The number of rotatable bonds is 6. The van der Waals surface area contributed by atoms with E-state index < -0.39 is 8.24 Å². The molecule has 1 nitrogen and oxygen atoms in total. The third-order valence-corrected chi connectivity index (χ3v) is 6.76. The summed E-state index contributed by atoms with van der Waals surface area (Å²) in [5, 5.41) is 1.69. The Balaban J connectivity index is 2.14. The zero-order valence-electron chi connectivity index (χ0n) is 12.4. The van der Waals surface area contributed by atoms with E-state index in [0.717, 1.165) is 6.42 Å². The van der Waals surface area contributed by atoms with Crippen LogP contribution in [0.2, 0.25) is 13.1 Å². The lowest BCUT2D eigenvalue weighted by atomic mass is 10.1. The lowest BCUT2D eigenvalue weighted by Gasteiger charge is -2.28. The molecule has 0 aliphatic heterocycles. The average molecular weight is 271 g/mol. The number of anilines is 1. The Labute approximate surface area is 118 Å². The van der Waals surface area contributed by atoms with Crippen molar-refractivity contribution in [1.82, 2.24) is 0 Å². The molecule has 0 heterocycles. The third kappa shape index (κ3) is 3.60. The Morgan fingerprint density at radius 2 is 1.89 bits per heavy atom. The van der Waals surface area contributed by atoms with Crippen molar-refractivity contribution in [2.75, 3.05) is 4.98 Å². The van der Waals surface area contributed by atoms with Gasteiger partial charge in [-0.05, 0) is 44.5 Å². The molecule has 1 N–H and O–H groups in total. The SMILES string of the molecule is CCCCC1=C([Si](C)(C)Nc2ccccc2)CC=C1. The minimum atomic E-state index is -1.56. The highest BCUT2D eigenvalue weighted by Crippen LogP contribution is 2.31. The normalized spacial score (nSPS) is 15.1. The van der Waals surface area contributed by atoms with Crippen molar-refractivity contribution in [2.45, 2.75) is 45.7 Å². The molecule has 0 saturated heterocycles. The van der Waals surface area contributed by atoms with Gasteiger partial charge in [0.05, 0.1) is 0 Å². The number of hydrogen-bond acceptors (Lipinski definition) is 1. The Kier molecular flexibility index (Phi) is 4.64. The lowest BCUT2D eigenvalue weighted by molar-refractivity contribution is 0.796. The van der Waals surface area contributed by atoms with Gasteiger partial charge in [0.1, 0.15) is 0 Å². The molecule has 1 aromatic rings. The van der Waals surface area contributed by atoms with Gasteiger partial charge >= 0.3 is 0 Å². The lowest BCUT2D eigenvalue weighted by Crippen LogP contribution is -2.39. The van der Waals surface area contributed by atoms with Crippen LogP contribution in [0.5, 0.6) is 0 Å². The summed E-state index contributed by atoms with van der Waals surface area (Å²) in [5.41, 5.74) is 2.86. The van der Waals surface area contributed by atoms with E-state index in [1.807, 2.05) is 0 Å². The van der Waals surface area contributed by atoms with Gasteiger partial charge in [0.2, 0.25) is 0 Å². The van der Waals surface area contributed by atoms with E-state index in [1.165, 1.54) is 24.9 Å². The predicted octanol–water partition coefficient (Wildman–Crippen LogP) is 5.29. The van der Waals surface area contributed by atoms with Crippen LogP contribution in [0, 0.1) is 0 Å². The molecule has 0 bridgehead atoms. The number of para-hydroxylation sites is 1. The van der Waals surface area contributed by atoms with Gasteiger partial charge in [-0.25, -0.2) is 0 Å². The van der Waals surface area contributed by atoms with Crippen LogP contribution in [-0.2, 0) is 0 Å². The minimum Gasteiger partial charge on any atom is -0.407 e. The highest BCUT2D eigenvalue weighted by atomic mass is 28.3. The van der Waals surface area contributed by atoms with Crippen molar-refractivity contribution < 1.29 is 0 Å². The standard InChI is InChI=1S/C17H25NSi/c1-4-5-10-15-11-9-14-17(15)19(2,3)18-16-12-7-6-8-13-16/h6-9,11-13,18H,4-5,10,14H2,1-3H3. The van der Waals surface area contributed by atoms with Crippen LogP contribution >= 0.6 is 0 Å². The Morgan fingerprint density at radius 1 is 1.16 bits per heavy atom. The molecular weight excluding hydrogens is 246 g/mol. The number of allylic oxidation sites excluding steroid dienone is 4. The molecule has 0 atom stereocenters. The molecule has 0 radical (unpaired) electrons. The fourth-order valence-electron chi connectivity index (χ4n) is 2.77. The number of benzene rings is 1. The third-order valence-electron chi connectivity index (χ3n) is 3.81. The van der Waals surface area contributed by atoms with Crippen LogP contribution in [0.3, 0.4) is 0 Å². The summed E-state index contributed by atoms with van der Waals surface area (Å²) in [5.74, 6) is 0. The first-order valence-electron chi connectivity index (χ1n) is 7.36. The molecular formula is C17H25NSi. The first-order chi connectivity index (χ1) is 9.13. The molecule has 0 aromatic heterocycles. The van der Waals surface area contributed by atoms with E-state index >= 15 is 0 Å². The van der Waals surface area contributed by atoms with Gasteiger partial charge in [-0.3, -0.25) is 0 Å². The summed E-state index contributed by atoms with van der Waals surface area (Å²) < 4.78 is 0. The van der Waals surface area contributed by atoms with Crippen molar-refractivity contribution >= 4 is 13.9 Å². The minimum absolute atomic E-state index is 1.15. The summed E-state index contributed by atoms with van der Waals surface area (Å²) in [7, 11) is -1.56. The summed E-state index contributed by atoms with van der Waals surface area (Å²) in [6, 6.07) is 10.6. The van der Waals surface area contributed by atoms with E-state index in [2.05, 4.69) is 67.5 Å². The summed E-state index contributed by atoms with van der Waals surface area (Å²) in [6.07, 6.45) is 9.67. The molecule has 0 fully saturated rings. The Morgan fingerprint density at radius 3 is 2.58 bits per heavy atom. The first kappa shape index (κ1) is 14.1. The monoisotopic (exact) mass is 271 g/mol.